The zero-order chi connectivity index (χ0) is 19.4. The second kappa shape index (κ2) is 7.74. The van der Waals surface area contributed by atoms with E-state index in [1.165, 1.54) is 20.3 Å². The summed E-state index contributed by atoms with van der Waals surface area (Å²) in [4.78, 5) is 35.8. The van der Waals surface area contributed by atoms with Crippen LogP contribution in [0.25, 0.3) is 11.0 Å². The Morgan fingerprint density at radius 3 is 2.41 bits per heavy atom. The van der Waals surface area contributed by atoms with Crippen LogP contribution in [-0.4, -0.2) is 26.2 Å². The number of fused-ring (bicyclic) bond motifs is 1. The molecule has 3 rings (SSSR count). The van der Waals surface area contributed by atoms with E-state index in [1.807, 2.05) is 0 Å². The predicted molar refractivity (Wildman–Crippen MR) is 95.9 cm³/mol. The number of para-hydroxylation sites is 1. The highest BCUT2D eigenvalue weighted by molar-refractivity contribution is 5.94. The summed E-state index contributed by atoms with van der Waals surface area (Å²) in [7, 11) is 2.76. The summed E-state index contributed by atoms with van der Waals surface area (Å²) in [6, 6.07) is 12.9. The van der Waals surface area contributed by atoms with E-state index in [1.54, 1.807) is 42.5 Å². The fourth-order valence-electron chi connectivity index (χ4n) is 2.50. The van der Waals surface area contributed by atoms with Gasteiger partial charge in [-0.25, -0.2) is 14.4 Å². The van der Waals surface area contributed by atoms with Crippen LogP contribution < -0.4 is 10.4 Å². The quantitative estimate of drug-likeness (QED) is 0.505. The van der Waals surface area contributed by atoms with E-state index in [4.69, 9.17) is 13.9 Å². The van der Waals surface area contributed by atoms with Gasteiger partial charge in [-0.1, -0.05) is 24.3 Å². The van der Waals surface area contributed by atoms with Crippen LogP contribution in [0, 0.1) is 0 Å². The molecule has 138 valence electrons. The van der Waals surface area contributed by atoms with Crippen LogP contribution in [0.4, 0.5) is 0 Å². The lowest BCUT2D eigenvalue weighted by Crippen LogP contribution is -2.16. The van der Waals surface area contributed by atoms with Gasteiger partial charge in [-0.05, 0) is 29.8 Å². The third kappa shape index (κ3) is 3.82. The smallest absolute Gasteiger partial charge is 0.351 e. The predicted octanol–water partition coefficient (Wildman–Crippen LogP) is 2.95. The number of benzene rings is 2. The lowest BCUT2D eigenvalue weighted by Gasteiger charge is -2.07. The first-order chi connectivity index (χ1) is 13.0. The van der Waals surface area contributed by atoms with Gasteiger partial charge in [-0.3, -0.25) is 0 Å². The molecule has 0 atom stereocenters. The molecule has 0 unspecified atom stereocenters. The summed E-state index contributed by atoms with van der Waals surface area (Å²) in [6.45, 7) is -0.0596. The van der Waals surface area contributed by atoms with Crippen molar-refractivity contribution in [2.45, 2.75) is 6.61 Å². The van der Waals surface area contributed by atoms with E-state index in [9.17, 15) is 14.4 Å². The molecule has 27 heavy (non-hydrogen) atoms. The van der Waals surface area contributed by atoms with E-state index in [0.717, 1.165) is 0 Å². The highest BCUT2D eigenvalue weighted by Gasteiger charge is 2.17. The summed E-state index contributed by atoms with van der Waals surface area (Å²) < 4.78 is 20.1. The summed E-state index contributed by atoms with van der Waals surface area (Å²) in [6.07, 6.45) is 0. The van der Waals surface area contributed by atoms with Crippen molar-refractivity contribution in [3.63, 3.8) is 0 Å². The first-order valence-electron chi connectivity index (χ1n) is 7.98. The molecule has 0 aliphatic rings. The van der Waals surface area contributed by atoms with E-state index >= 15 is 0 Å². The van der Waals surface area contributed by atoms with Crippen molar-refractivity contribution >= 4 is 22.9 Å². The molecule has 1 heterocycles. The Morgan fingerprint density at radius 1 is 1.00 bits per heavy atom. The minimum atomic E-state index is -0.807. The molecular weight excluding hydrogens is 352 g/mol. The average molecular weight is 368 g/mol. The van der Waals surface area contributed by atoms with E-state index in [-0.39, 0.29) is 17.8 Å². The molecule has 0 amide bonds. The van der Waals surface area contributed by atoms with Crippen molar-refractivity contribution in [2.75, 3.05) is 14.2 Å². The molecule has 0 fully saturated rings. The van der Waals surface area contributed by atoms with Crippen LogP contribution in [0.1, 0.15) is 26.3 Å². The second-order valence-corrected chi connectivity index (χ2v) is 5.59. The molecule has 1 aromatic heterocycles. The van der Waals surface area contributed by atoms with Gasteiger partial charge in [0.05, 0.1) is 19.8 Å². The van der Waals surface area contributed by atoms with Crippen molar-refractivity contribution in [3.05, 3.63) is 75.6 Å². The molecule has 7 nitrogen and oxygen atoms in total. The number of ether oxygens (including phenoxy) is 3. The minimum absolute atomic E-state index is 0.0596. The molecule has 0 N–H and O–H groups in total. The number of carbonyl (C=O) groups excluding carboxylic acids is 2. The highest BCUT2D eigenvalue weighted by Crippen LogP contribution is 2.24. The summed E-state index contributed by atoms with van der Waals surface area (Å²) in [5.41, 5.74) is 0.291. The number of rotatable bonds is 5. The highest BCUT2D eigenvalue weighted by atomic mass is 16.5. The standard InChI is InChI=1S/C20H16O7/c1-24-16-5-3-4-14-10-15(20(23)27-17(14)16)19(22)26-11-12-6-8-13(9-7-12)18(21)25-2/h3-10H,11H2,1-2H3. The first-order valence-corrected chi connectivity index (χ1v) is 7.98. The SMILES string of the molecule is COC(=O)c1ccc(COC(=O)c2cc3cccc(OC)c3oc2=O)cc1. The Kier molecular flexibility index (Phi) is 5.21. The Hall–Kier alpha value is -3.61. The second-order valence-electron chi connectivity index (χ2n) is 5.59. The molecule has 0 aliphatic carbocycles. The van der Waals surface area contributed by atoms with Crippen molar-refractivity contribution in [1.82, 2.24) is 0 Å². The van der Waals surface area contributed by atoms with Gasteiger partial charge in [-0.2, -0.15) is 0 Å². The van der Waals surface area contributed by atoms with Crippen molar-refractivity contribution in [1.29, 1.82) is 0 Å². The van der Waals surface area contributed by atoms with Crippen LogP contribution >= 0.6 is 0 Å². The number of esters is 2. The molecule has 0 bridgehead atoms. The molecule has 0 radical (unpaired) electrons. The van der Waals surface area contributed by atoms with E-state index < -0.39 is 17.6 Å². The molecule has 0 spiro atoms. The molecule has 0 aliphatic heterocycles. The molecule has 2 aromatic carbocycles. The summed E-state index contributed by atoms with van der Waals surface area (Å²) in [5.74, 6) is -0.858. The van der Waals surface area contributed by atoms with Crippen molar-refractivity contribution in [3.8, 4) is 5.75 Å². The molecule has 3 aromatic rings. The Balaban J connectivity index is 1.77. The lowest BCUT2D eigenvalue weighted by atomic mass is 10.1. The van der Waals surface area contributed by atoms with Crippen LogP contribution in [0.3, 0.4) is 0 Å². The van der Waals surface area contributed by atoms with Gasteiger partial charge in [0.25, 0.3) is 0 Å². The van der Waals surface area contributed by atoms with Gasteiger partial charge in [-0.15, -0.1) is 0 Å². The van der Waals surface area contributed by atoms with Gasteiger partial charge < -0.3 is 18.6 Å². The number of carbonyl (C=O) groups is 2. The monoisotopic (exact) mass is 368 g/mol. The topological polar surface area (TPSA) is 92.0 Å². The van der Waals surface area contributed by atoms with Crippen LogP contribution in [0.15, 0.2) is 57.7 Å². The largest absolute Gasteiger partial charge is 0.493 e. The third-order valence-electron chi connectivity index (χ3n) is 3.91. The molecule has 7 heteroatoms. The third-order valence-corrected chi connectivity index (χ3v) is 3.91. The van der Waals surface area contributed by atoms with Crippen molar-refractivity contribution in [2.24, 2.45) is 0 Å². The fraction of sp³-hybridized carbons (Fsp3) is 0.150. The molecular formula is C20H16O7. The average Bonchev–Trinajstić information content (AvgIpc) is 2.70. The number of methoxy groups -OCH3 is 2. The maximum atomic E-state index is 12.3. The lowest BCUT2D eigenvalue weighted by molar-refractivity contribution is 0.0466. The van der Waals surface area contributed by atoms with Gasteiger partial charge in [0, 0.05) is 5.39 Å². The maximum Gasteiger partial charge on any atom is 0.351 e. The number of hydrogen-bond donors (Lipinski definition) is 0. The Bertz CT molecular complexity index is 1050. The van der Waals surface area contributed by atoms with Gasteiger partial charge in [0.1, 0.15) is 12.2 Å². The van der Waals surface area contributed by atoms with Gasteiger partial charge in [0.2, 0.25) is 0 Å². The Labute approximate surface area is 154 Å². The summed E-state index contributed by atoms with van der Waals surface area (Å²) in [5, 5.41) is 0.545. The van der Waals surface area contributed by atoms with Crippen LogP contribution in [-0.2, 0) is 16.1 Å². The van der Waals surface area contributed by atoms with Crippen LogP contribution in [0.2, 0.25) is 0 Å². The van der Waals surface area contributed by atoms with Crippen LogP contribution in [0.5, 0.6) is 5.75 Å². The number of hydrogen-bond acceptors (Lipinski definition) is 7. The molecule has 0 saturated heterocycles. The van der Waals surface area contributed by atoms with Crippen molar-refractivity contribution < 1.29 is 28.2 Å². The Morgan fingerprint density at radius 2 is 1.74 bits per heavy atom. The normalized spacial score (nSPS) is 10.4. The maximum absolute atomic E-state index is 12.3. The summed E-state index contributed by atoms with van der Waals surface area (Å²) >= 11 is 0. The zero-order valence-electron chi connectivity index (χ0n) is 14.7. The van der Waals surface area contributed by atoms with Gasteiger partial charge >= 0.3 is 17.6 Å². The van der Waals surface area contributed by atoms with Gasteiger partial charge in [0.15, 0.2) is 11.3 Å². The van der Waals surface area contributed by atoms with E-state index in [0.29, 0.717) is 22.3 Å². The minimum Gasteiger partial charge on any atom is -0.493 e. The first kappa shape index (κ1) is 18.2. The van der Waals surface area contributed by atoms with E-state index in [2.05, 4.69) is 4.74 Å². The fourth-order valence-corrected chi connectivity index (χ4v) is 2.50. The molecule has 0 saturated carbocycles. The zero-order valence-corrected chi connectivity index (χ0v) is 14.7.